The van der Waals surface area contributed by atoms with Gasteiger partial charge in [-0.1, -0.05) is 0 Å². The molecule has 3 nitrogen and oxygen atoms in total. The average Bonchev–Trinajstić information content (AvgIpc) is 2.36. The Balaban J connectivity index is 2.45. The summed E-state index contributed by atoms with van der Waals surface area (Å²) in [4.78, 5) is 10.4. The number of nitriles is 1. The molecule has 0 unspecified atom stereocenters. The second kappa shape index (κ2) is 6.15. The van der Waals surface area contributed by atoms with E-state index in [1.54, 1.807) is 0 Å². The number of nitrogens with zero attached hydrogens (tertiary/aromatic N) is 1. The second-order valence-electron chi connectivity index (χ2n) is 4.76. The number of carbonyl (C=O) groups is 1. The van der Waals surface area contributed by atoms with Crippen LogP contribution in [-0.2, 0) is 0 Å². The fraction of sp³-hybridized carbons (Fsp3) is 0.429. The van der Waals surface area contributed by atoms with Gasteiger partial charge in [0, 0.05) is 5.56 Å². The zero-order chi connectivity index (χ0) is 13.6. The maximum absolute atomic E-state index is 13.4. The molecule has 1 aromatic rings. The molecule has 0 aliphatic heterocycles. The minimum Gasteiger partial charge on any atom is -0.491 e. The van der Waals surface area contributed by atoms with Crippen LogP contribution in [0.4, 0.5) is 4.39 Å². The fourth-order valence-electron chi connectivity index (χ4n) is 1.46. The van der Waals surface area contributed by atoms with E-state index in [0.717, 1.165) is 6.07 Å². The van der Waals surface area contributed by atoms with Gasteiger partial charge in [-0.3, -0.25) is 4.79 Å². The zero-order valence-corrected chi connectivity index (χ0v) is 10.6. The Morgan fingerprint density at radius 3 is 2.78 bits per heavy atom. The summed E-state index contributed by atoms with van der Waals surface area (Å²) >= 11 is 0. The van der Waals surface area contributed by atoms with Crippen LogP contribution < -0.4 is 4.74 Å². The van der Waals surface area contributed by atoms with Crippen molar-refractivity contribution in [3.05, 3.63) is 29.6 Å². The molecule has 0 aliphatic rings. The van der Waals surface area contributed by atoms with Crippen molar-refractivity contribution in [1.29, 1.82) is 5.26 Å². The van der Waals surface area contributed by atoms with Crippen LogP contribution in [0.2, 0.25) is 0 Å². The molecule has 18 heavy (non-hydrogen) atoms. The SMILES string of the molecule is CC(C)(C#N)CCCOc1ccc(C=O)cc1F. The second-order valence-corrected chi connectivity index (χ2v) is 4.76. The van der Waals surface area contributed by atoms with Gasteiger partial charge in [-0.2, -0.15) is 5.26 Å². The Morgan fingerprint density at radius 2 is 2.22 bits per heavy atom. The first-order valence-electron chi connectivity index (χ1n) is 5.77. The van der Waals surface area contributed by atoms with Crippen molar-refractivity contribution >= 4 is 6.29 Å². The molecule has 4 heteroatoms. The quantitative estimate of drug-likeness (QED) is 0.574. The molecule has 0 atom stereocenters. The third kappa shape index (κ3) is 4.17. The highest BCUT2D eigenvalue weighted by Gasteiger charge is 2.15. The van der Waals surface area contributed by atoms with Crippen LogP contribution >= 0.6 is 0 Å². The van der Waals surface area contributed by atoms with Gasteiger partial charge in [0.25, 0.3) is 0 Å². The van der Waals surface area contributed by atoms with E-state index in [-0.39, 0.29) is 16.7 Å². The van der Waals surface area contributed by atoms with Crippen molar-refractivity contribution in [3.8, 4) is 11.8 Å². The lowest BCUT2D eigenvalue weighted by Crippen LogP contribution is -2.10. The van der Waals surface area contributed by atoms with Gasteiger partial charge in [-0.25, -0.2) is 4.39 Å². The maximum Gasteiger partial charge on any atom is 0.165 e. The predicted octanol–water partition coefficient (Wildman–Crippen LogP) is 3.35. The summed E-state index contributed by atoms with van der Waals surface area (Å²) in [6, 6.07) is 6.28. The summed E-state index contributed by atoms with van der Waals surface area (Å²) < 4.78 is 18.7. The van der Waals surface area contributed by atoms with E-state index < -0.39 is 5.82 Å². The van der Waals surface area contributed by atoms with Gasteiger partial charge in [-0.15, -0.1) is 0 Å². The summed E-state index contributed by atoms with van der Waals surface area (Å²) in [5.41, 5.74) is -0.103. The van der Waals surface area contributed by atoms with Crippen LogP contribution in [0.15, 0.2) is 18.2 Å². The number of carbonyl (C=O) groups excluding carboxylic acids is 1. The molecule has 96 valence electrons. The van der Waals surface area contributed by atoms with Crippen LogP contribution in [0, 0.1) is 22.6 Å². The molecular formula is C14H16FNO2. The minimum absolute atomic E-state index is 0.135. The number of halogens is 1. The third-order valence-electron chi connectivity index (χ3n) is 2.60. The lowest BCUT2D eigenvalue weighted by Gasteiger charge is -2.14. The first-order valence-corrected chi connectivity index (χ1v) is 5.77. The van der Waals surface area contributed by atoms with Crippen molar-refractivity contribution in [2.75, 3.05) is 6.61 Å². The van der Waals surface area contributed by atoms with Gasteiger partial charge in [0.15, 0.2) is 11.6 Å². The number of hydrogen-bond donors (Lipinski definition) is 0. The molecule has 1 rings (SSSR count). The summed E-state index contributed by atoms with van der Waals surface area (Å²) in [5.74, 6) is -0.408. The normalized spacial score (nSPS) is 10.8. The zero-order valence-electron chi connectivity index (χ0n) is 10.6. The van der Waals surface area contributed by atoms with Gasteiger partial charge in [0.05, 0.1) is 18.1 Å². The van der Waals surface area contributed by atoms with E-state index in [0.29, 0.717) is 25.7 Å². The topological polar surface area (TPSA) is 50.1 Å². The van der Waals surface area contributed by atoms with Gasteiger partial charge in [0.1, 0.15) is 6.29 Å². The van der Waals surface area contributed by atoms with Gasteiger partial charge in [-0.05, 0) is 44.9 Å². The Kier molecular flexibility index (Phi) is 4.85. The molecule has 0 amide bonds. The first-order chi connectivity index (χ1) is 8.48. The first kappa shape index (κ1) is 14.2. The Hall–Kier alpha value is -1.89. The highest BCUT2D eigenvalue weighted by atomic mass is 19.1. The number of benzene rings is 1. The van der Waals surface area contributed by atoms with Gasteiger partial charge in [0.2, 0.25) is 0 Å². The van der Waals surface area contributed by atoms with Crippen molar-refractivity contribution in [2.24, 2.45) is 5.41 Å². The van der Waals surface area contributed by atoms with E-state index in [1.165, 1.54) is 12.1 Å². The maximum atomic E-state index is 13.4. The van der Waals surface area contributed by atoms with Crippen molar-refractivity contribution < 1.29 is 13.9 Å². The molecule has 0 aromatic heterocycles. The summed E-state index contributed by atoms with van der Waals surface area (Å²) in [5, 5.41) is 8.83. The Morgan fingerprint density at radius 1 is 1.50 bits per heavy atom. The Labute approximate surface area is 106 Å². The largest absolute Gasteiger partial charge is 0.491 e. The highest BCUT2D eigenvalue weighted by molar-refractivity contribution is 5.74. The number of aldehydes is 1. The molecule has 0 bridgehead atoms. The Bertz CT molecular complexity index is 463. The van der Waals surface area contributed by atoms with E-state index in [4.69, 9.17) is 10.00 Å². The van der Waals surface area contributed by atoms with Crippen molar-refractivity contribution in [1.82, 2.24) is 0 Å². The summed E-state index contributed by atoms with van der Waals surface area (Å²) in [6.07, 6.45) is 1.95. The summed E-state index contributed by atoms with van der Waals surface area (Å²) in [6.45, 7) is 4.06. The molecule has 0 fully saturated rings. The molecule has 1 aromatic carbocycles. The predicted molar refractivity (Wildman–Crippen MR) is 65.9 cm³/mol. The molecule has 0 saturated heterocycles. The smallest absolute Gasteiger partial charge is 0.165 e. The fourth-order valence-corrected chi connectivity index (χ4v) is 1.46. The average molecular weight is 249 g/mol. The molecular weight excluding hydrogens is 233 g/mol. The van der Waals surface area contributed by atoms with E-state index in [2.05, 4.69) is 6.07 Å². The third-order valence-corrected chi connectivity index (χ3v) is 2.60. The van der Waals surface area contributed by atoms with Gasteiger partial charge >= 0.3 is 0 Å². The lowest BCUT2D eigenvalue weighted by atomic mass is 9.90. The van der Waals surface area contributed by atoms with Crippen LogP contribution in [0.1, 0.15) is 37.0 Å². The standard InChI is InChI=1S/C14H16FNO2/c1-14(2,10-16)6-3-7-18-13-5-4-11(9-17)8-12(13)15/h4-5,8-9H,3,6-7H2,1-2H3. The molecule has 0 radical (unpaired) electrons. The van der Waals surface area contributed by atoms with Crippen LogP contribution in [-0.4, -0.2) is 12.9 Å². The van der Waals surface area contributed by atoms with E-state index in [1.807, 2.05) is 13.8 Å². The molecule has 0 aliphatic carbocycles. The van der Waals surface area contributed by atoms with Crippen LogP contribution in [0.3, 0.4) is 0 Å². The highest BCUT2D eigenvalue weighted by Crippen LogP contribution is 2.22. The van der Waals surface area contributed by atoms with Crippen LogP contribution in [0.25, 0.3) is 0 Å². The van der Waals surface area contributed by atoms with E-state index in [9.17, 15) is 9.18 Å². The van der Waals surface area contributed by atoms with Crippen molar-refractivity contribution in [2.45, 2.75) is 26.7 Å². The van der Waals surface area contributed by atoms with E-state index >= 15 is 0 Å². The number of hydrogen-bond acceptors (Lipinski definition) is 3. The van der Waals surface area contributed by atoms with Crippen molar-refractivity contribution in [3.63, 3.8) is 0 Å². The molecule has 0 N–H and O–H groups in total. The number of ether oxygens (including phenoxy) is 1. The minimum atomic E-state index is -0.542. The molecule has 0 spiro atoms. The number of rotatable bonds is 6. The van der Waals surface area contributed by atoms with Gasteiger partial charge < -0.3 is 4.74 Å². The monoisotopic (exact) mass is 249 g/mol. The van der Waals surface area contributed by atoms with Crippen LogP contribution in [0.5, 0.6) is 5.75 Å². The lowest BCUT2D eigenvalue weighted by molar-refractivity contribution is 0.112. The summed E-state index contributed by atoms with van der Waals surface area (Å²) in [7, 11) is 0. The molecule has 0 heterocycles. The molecule has 0 saturated carbocycles.